The van der Waals surface area contributed by atoms with Crippen LogP contribution in [0.3, 0.4) is 0 Å². The molecule has 0 saturated carbocycles. The van der Waals surface area contributed by atoms with Crippen molar-refractivity contribution < 1.29 is 8.83 Å². The lowest BCUT2D eigenvalue weighted by atomic mass is 9.95. The van der Waals surface area contributed by atoms with Gasteiger partial charge in [0.25, 0.3) is 0 Å². The van der Waals surface area contributed by atoms with E-state index in [0.717, 1.165) is 232 Å². The Labute approximate surface area is 719 Å². The van der Waals surface area contributed by atoms with E-state index in [2.05, 4.69) is 407 Å². The maximum absolute atomic E-state index is 6.82. The van der Waals surface area contributed by atoms with E-state index in [1.165, 1.54) is 21.7 Å². The van der Waals surface area contributed by atoms with Crippen molar-refractivity contribution in [1.29, 1.82) is 0 Å². The Hall–Kier alpha value is -17.1. The molecule has 126 heavy (non-hydrogen) atoms. The molecule has 0 bridgehead atoms. The first-order valence-electron chi connectivity index (χ1n) is 42.8. The standard InChI is InChI=1S/C116H68N8O2/c1-4-23-70(24-5-1)114-117-98-37-17-13-33-89(98)115(120-114)123-100-39-19-15-31-86(100)90-61-72(45-53-103(90)123)75-50-58-107-95(64-75)112-84(35-21-41-110(112)125-107)79-49-57-102-92(67-79)87-52-44-77(68-106(87)122(102)82-28-8-3-9-29-82)74-47-55-105-94(63-74)93-62-73(46-54-104(93)124(105)116-118-97-36-16-12-32-88(97)113(119-116)80-43-42-69-22-10-11-25-71(69)60-80)76-51-59-108-96(65-76)111-83(34-20-40-109(111)126-108)78-48-56-101-91(66-78)85-30-14-18-38-99(85)121(101)81-26-6-2-7-27-81/h1-68H. The molecule has 0 radical (unpaired) electrons. The summed E-state index contributed by atoms with van der Waals surface area (Å²) in [4.78, 5) is 21.6. The number of hydrogen-bond donors (Lipinski definition) is 0. The van der Waals surface area contributed by atoms with E-state index in [4.69, 9.17) is 28.8 Å². The van der Waals surface area contributed by atoms with Crippen molar-refractivity contribution in [1.82, 2.24) is 38.2 Å². The molecule has 0 spiro atoms. The smallest absolute Gasteiger partial charge is 0.235 e. The number of benzene rings is 19. The fourth-order valence-corrected chi connectivity index (χ4v) is 20.4. The summed E-state index contributed by atoms with van der Waals surface area (Å²) >= 11 is 0. The highest BCUT2D eigenvalue weighted by Crippen LogP contribution is 2.48. The number of nitrogens with zero attached hydrogens (tertiary/aromatic N) is 8. The summed E-state index contributed by atoms with van der Waals surface area (Å²) in [7, 11) is 0. The molecular weight excluding hydrogens is 1540 g/mol. The molecule has 8 aromatic heterocycles. The van der Waals surface area contributed by atoms with Gasteiger partial charge in [-0.25, -0.2) is 19.9 Å². The van der Waals surface area contributed by atoms with Crippen LogP contribution in [0, 0.1) is 0 Å². The zero-order chi connectivity index (χ0) is 82.3. The topological polar surface area (TPSA) is 97.6 Å². The lowest BCUT2D eigenvalue weighted by Gasteiger charge is -2.12. The third-order valence-corrected chi connectivity index (χ3v) is 26.2. The van der Waals surface area contributed by atoms with Gasteiger partial charge in [0, 0.05) is 97.9 Å². The predicted octanol–water partition coefficient (Wildman–Crippen LogP) is 30.6. The second-order valence-electron chi connectivity index (χ2n) is 33.1. The normalized spacial score (nSPS) is 12.1. The van der Waals surface area contributed by atoms with Crippen molar-refractivity contribution in [2.24, 2.45) is 0 Å². The van der Waals surface area contributed by atoms with E-state index in [9.17, 15) is 0 Å². The van der Waals surface area contributed by atoms with Gasteiger partial charge in [0.1, 0.15) is 28.1 Å². The molecule has 0 aliphatic heterocycles. The van der Waals surface area contributed by atoms with Crippen molar-refractivity contribution in [3.05, 3.63) is 413 Å². The van der Waals surface area contributed by atoms with Crippen molar-refractivity contribution in [2.45, 2.75) is 0 Å². The van der Waals surface area contributed by atoms with Gasteiger partial charge in [-0.3, -0.25) is 9.13 Å². The fraction of sp³-hybridized carbons (Fsp3) is 0. The maximum Gasteiger partial charge on any atom is 0.235 e. The fourth-order valence-electron chi connectivity index (χ4n) is 20.4. The minimum atomic E-state index is 0.594. The molecule has 10 nitrogen and oxygen atoms in total. The molecule has 0 aliphatic rings. The first-order valence-corrected chi connectivity index (χ1v) is 42.8. The first kappa shape index (κ1) is 69.7. The van der Waals surface area contributed by atoms with Crippen LogP contribution in [0.15, 0.2) is 421 Å². The number of fused-ring (bicyclic) bond motifs is 21. The lowest BCUT2D eigenvalue weighted by Crippen LogP contribution is -2.03. The average molecular weight is 1610 g/mol. The second kappa shape index (κ2) is 27.2. The molecule has 0 unspecified atom stereocenters. The van der Waals surface area contributed by atoms with Crippen LogP contribution in [0.1, 0.15) is 0 Å². The van der Waals surface area contributed by atoms with Crippen LogP contribution in [0.25, 0.3) is 265 Å². The Kier molecular flexibility index (Phi) is 15.1. The van der Waals surface area contributed by atoms with E-state index in [1.807, 2.05) is 24.3 Å². The third-order valence-electron chi connectivity index (χ3n) is 26.2. The number of rotatable bonds is 11. The zero-order valence-electron chi connectivity index (χ0n) is 67.7. The molecule has 0 atom stereocenters. The third kappa shape index (κ3) is 10.7. The van der Waals surface area contributed by atoms with Crippen molar-refractivity contribution >= 4 is 164 Å². The molecule has 27 rings (SSSR count). The predicted molar refractivity (Wildman–Crippen MR) is 520 cm³/mol. The number of para-hydroxylation sites is 6. The quantitative estimate of drug-likeness (QED) is 0.128. The van der Waals surface area contributed by atoms with E-state index >= 15 is 0 Å². The molecule has 584 valence electrons. The van der Waals surface area contributed by atoms with Gasteiger partial charge < -0.3 is 18.0 Å². The first-order chi connectivity index (χ1) is 62.4. The molecule has 0 fully saturated rings. The van der Waals surface area contributed by atoms with Gasteiger partial charge in [0.05, 0.1) is 60.9 Å². The van der Waals surface area contributed by atoms with Crippen LogP contribution in [-0.2, 0) is 0 Å². The van der Waals surface area contributed by atoms with Gasteiger partial charge in [0.2, 0.25) is 5.95 Å². The molecule has 0 amide bonds. The monoisotopic (exact) mass is 1600 g/mol. The highest BCUT2D eigenvalue weighted by molar-refractivity contribution is 6.20. The van der Waals surface area contributed by atoms with Crippen LogP contribution in [0.4, 0.5) is 0 Å². The molecule has 8 heterocycles. The molecule has 0 saturated heterocycles. The van der Waals surface area contributed by atoms with Gasteiger partial charge in [-0.1, -0.05) is 249 Å². The van der Waals surface area contributed by atoms with Gasteiger partial charge in [-0.15, -0.1) is 0 Å². The maximum atomic E-state index is 6.82. The molecule has 0 aliphatic carbocycles. The van der Waals surface area contributed by atoms with Crippen LogP contribution in [0.2, 0.25) is 0 Å². The molecule has 0 N–H and O–H groups in total. The Morgan fingerprint density at radius 1 is 0.190 bits per heavy atom. The van der Waals surface area contributed by atoms with E-state index < -0.39 is 0 Å². The van der Waals surface area contributed by atoms with E-state index in [-0.39, 0.29) is 0 Å². The Morgan fingerprint density at radius 3 is 1.17 bits per heavy atom. The summed E-state index contributed by atoms with van der Waals surface area (Å²) in [6.45, 7) is 0. The molecule has 19 aromatic carbocycles. The van der Waals surface area contributed by atoms with E-state index in [1.54, 1.807) is 0 Å². The van der Waals surface area contributed by atoms with Crippen LogP contribution < -0.4 is 0 Å². The number of aromatic nitrogens is 8. The largest absolute Gasteiger partial charge is 0.456 e. The summed E-state index contributed by atoms with van der Waals surface area (Å²) in [5.41, 5.74) is 29.8. The second-order valence-corrected chi connectivity index (χ2v) is 33.1. The Morgan fingerprint density at radius 2 is 0.587 bits per heavy atom. The summed E-state index contributed by atoms with van der Waals surface area (Å²) < 4.78 is 23.0. The summed E-state index contributed by atoms with van der Waals surface area (Å²) in [5, 5.41) is 17.7. The minimum Gasteiger partial charge on any atom is -0.456 e. The summed E-state index contributed by atoms with van der Waals surface area (Å²) in [6, 6.07) is 149. The highest BCUT2D eigenvalue weighted by Gasteiger charge is 2.26. The van der Waals surface area contributed by atoms with Crippen LogP contribution >= 0.6 is 0 Å². The average Bonchev–Trinajstić information content (AvgIpc) is 1.58. The Balaban J connectivity index is 0.596. The van der Waals surface area contributed by atoms with Gasteiger partial charge in [0.15, 0.2) is 5.82 Å². The Bertz CT molecular complexity index is 9310. The van der Waals surface area contributed by atoms with E-state index in [0.29, 0.717) is 11.8 Å². The van der Waals surface area contributed by atoms with Crippen molar-refractivity contribution in [3.63, 3.8) is 0 Å². The minimum absolute atomic E-state index is 0.594. The molecule has 10 heteroatoms. The lowest BCUT2D eigenvalue weighted by molar-refractivity contribution is 0.668. The van der Waals surface area contributed by atoms with Gasteiger partial charge in [-0.2, -0.15) is 0 Å². The highest BCUT2D eigenvalue weighted by atomic mass is 16.3. The summed E-state index contributed by atoms with van der Waals surface area (Å²) in [6.07, 6.45) is 0. The van der Waals surface area contributed by atoms with Crippen molar-refractivity contribution in [3.8, 4) is 101 Å². The molecular formula is C116H68N8O2. The number of furan rings is 2. The van der Waals surface area contributed by atoms with Gasteiger partial charge >= 0.3 is 0 Å². The zero-order valence-corrected chi connectivity index (χ0v) is 67.7. The molecule has 27 aromatic rings. The SMILES string of the molecule is c1ccc(-c2nc(-n3c4ccccc4c4cc(-c5ccc6oc7cccc(-c8ccc9c(c8)c8ccc(-c%10ccc%11c(c%10)c%10cc(-c%12ccc%13oc%14cccc(-c%15ccc%16c(c%15)c%15ccccc%15n%16-c%15ccccc%15)c%14c%13c%12)ccc%10n%11-c%10nc(-c%11ccc%12ccccc%12c%11)c%11ccccc%11n%10)cc8n9-c8ccccc8)c7c6c5)ccc43)c3ccccc3n2)cc1. The van der Waals surface area contributed by atoms with Crippen LogP contribution in [-0.4, -0.2) is 38.2 Å². The van der Waals surface area contributed by atoms with Crippen molar-refractivity contribution in [2.75, 3.05) is 0 Å². The van der Waals surface area contributed by atoms with Crippen LogP contribution in [0.5, 0.6) is 0 Å². The number of hydrogen-bond acceptors (Lipinski definition) is 6. The van der Waals surface area contributed by atoms with Gasteiger partial charge in [-0.05, 0) is 230 Å². The summed E-state index contributed by atoms with van der Waals surface area (Å²) in [5.74, 6) is 2.13.